The summed E-state index contributed by atoms with van der Waals surface area (Å²) in [6.07, 6.45) is 81.1. The van der Waals surface area contributed by atoms with Crippen molar-refractivity contribution in [1.29, 1.82) is 0 Å². The van der Waals surface area contributed by atoms with Crippen molar-refractivity contribution in [2.24, 2.45) is 0 Å². The second kappa shape index (κ2) is 57.4. The largest absolute Gasteiger partial charge is 0.756 e. The van der Waals surface area contributed by atoms with Crippen LogP contribution in [0.3, 0.4) is 0 Å². The average molecular weight is 1080 g/mol. The molecule has 0 radical (unpaired) electrons. The van der Waals surface area contributed by atoms with Crippen LogP contribution in [0.2, 0.25) is 0 Å². The van der Waals surface area contributed by atoms with Gasteiger partial charge in [0.1, 0.15) is 13.2 Å². The van der Waals surface area contributed by atoms with Gasteiger partial charge in [0.05, 0.1) is 39.9 Å². The number of unbranched alkanes of at least 4 members (excludes halogenated alkanes) is 33. The summed E-state index contributed by atoms with van der Waals surface area (Å²) < 4.78 is 23.4. The van der Waals surface area contributed by atoms with E-state index in [9.17, 15) is 19.4 Å². The molecule has 0 saturated heterocycles. The predicted molar refractivity (Wildman–Crippen MR) is 330 cm³/mol. The first-order valence-corrected chi connectivity index (χ1v) is 33.4. The molecular formula is C67H123N2O6P. The maximum absolute atomic E-state index is 13.0. The Morgan fingerprint density at radius 2 is 0.803 bits per heavy atom. The summed E-state index contributed by atoms with van der Waals surface area (Å²) >= 11 is 0. The fraction of sp³-hybridized carbons (Fsp3) is 0.776. The number of amides is 1. The van der Waals surface area contributed by atoms with Crippen LogP contribution >= 0.6 is 7.82 Å². The van der Waals surface area contributed by atoms with E-state index in [0.717, 1.165) is 77.0 Å². The molecule has 8 nitrogen and oxygen atoms in total. The normalized spacial score (nSPS) is 14.4. The number of aliphatic hydroxyl groups is 1. The number of hydrogen-bond acceptors (Lipinski definition) is 6. The monoisotopic (exact) mass is 1080 g/mol. The molecule has 0 aliphatic rings. The Bertz CT molecular complexity index is 1510. The van der Waals surface area contributed by atoms with Gasteiger partial charge in [-0.1, -0.05) is 292 Å². The Labute approximate surface area is 471 Å². The quantitative estimate of drug-likeness (QED) is 0.0272. The maximum Gasteiger partial charge on any atom is 0.268 e. The molecule has 0 aliphatic heterocycles. The Kier molecular flexibility index (Phi) is 55.6. The van der Waals surface area contributed by atoms with Crippen LogP contribution in [0.5, 0.6) is 0 Å². The molecule has 2 N–H and O–H groups in total. The lowest BCUT2D eigenvalue weighted by molar-refractivity contribution is -0.870. The van der Waals surface area contributed by atoms with E-state index >= 15 is 0 Å². The molecule has 1 amide bonds. The first-order chi connectivity index (χ1) is 37.0. The molecule has 3 unspecified atom stereocenters. The number of hydrogen-bond donors (Lipinski definition) is 2. The van der Waals surface area contributed by atoms with Gasteiger partial charge in [0, 0.05) is 6.42 Å². The van der Waals surface area contributed by atoms with Gasteiger partial charge in [0.25, 0.3) is 7.82 Å². The van der Waals surface area contributed by atoms with E-state index in [4.69, 9.17) is 9.05 Å². The number of allylic oxidation sites excluding steroid dienone is 13. The van der Waals surface area contributed by atoms with Crippen molar-refractivity contribution in [3.63, 3.8) is 0 Å². The van der Waals surface area contributed by atoms with Gasteiger partial charge in [0.15, 0.2) is 0 Å². The number of nitrogens with zero attached hydrogens (tertiary/aromatic N) is 1. The van der Waals surface area contributed by atoms with Crippen LogP contribution in [0.25, 0.3) is 0 Å². The Balaban J connectivity index is 4.02. The molecule has 0 rings (SSSR count). The van der Waals surface area contributed by atoms with Crippen molar-refractivity contribution in [2.45, 2.75) is 296 Å². The number of carbonyl (C=O) groups excluding carboxylic acids is 1. The molecule has 0 spiro atoms. The first kappa shape index (κ1) is 73.7. The van der Waals surface area contributed by atoms with Gasteiger partial charge < -0.3 is 28.8 Å². The third kappa shape index (κ3) is 59.3. The molecule has 0 aromatic rings. The molecule has 3 atom stereocenters. The van der Waals surface area contributed by atoms with E-state index in [1.165, 1.54) is 186 Å². The summed E-state index contributed by atoms with van der Waals surface area (Å²) in [5.41, 5.74) is 0. The van der Waals surface area contributed by atoms with Crippen molar-refractivity contribution >= 4 is 13.7 Å². The van der Waals surface area contributed by atoms with Crippen molar-refractivity contribution in [3.8, 4) is 0 Å². The van der Waals surface area contributed by atoms with Crippen molar-refractivity contribution in [1.82, 2.24) is 5.32 Å². The molecule has 0 aromatic carbocycles. The summed E-state index contributed by atoms with van der Waals surface area (Å²) in [6, 6.07) is -0.889. The number of aliphatic hydroxyl groups excluding tert-OH is 1. The molecule has 76 heavy (non-hydrogen) atoms. The highest BCUT2D eigenvalue weighted by Crippen LogP contribution is 2.38. The lowest BCUT2D eigenvalue weighted by atomic mass is 10.0. The molecule has 0 aliphatic carbocycles. The number of phosphoric ester groups is 1. The molecule has 0 heterocycles. The number of nitrogens with one attached hydrogen (secondary N) is 1. The number of rotatable bonds is 58. The summed E-state index contributed by atoms with van der Waals surface area (Å²) in [4.78, 5) is 25.5. The molecule has 0 saturated carbocycles. The maximum atomic E-state index is 13.0. The molecule has 0 bridgehead atoms. The van der Waals surface area contributed by atoms with E-state index in [2.05, 4.69) is 92.1 Å². The van der Waals surface area contributed by atoms with Gasteiger partial charge in [-0.05, 0) is 70.6 Å². The number of quaternary nitrogens is 1. The van der Waals surface area contributed by atoms with Crippen LogP contribution in [0.15, 0.2) is 85.1 Å². The van der Waals surface area contributed by atoms with Crippen molar-refractivity contribution < 1.29 is 32.9 Å². The van der Waals surface area contributed by atoms with Gasteiger partial charge in [0.2, 0.25) is 5.91 Å². The van der Waals surface area contributed by atoms with Gasteiger partial charge in [-0.25, -0.2) is 0 Å². The van der Waals surface area contributed by atoms with Crippen molar-refractivity contribution in [2.75, 3.05) is 40.9 Å². The zero-order valence-corrected chi connectivity index (χ0v) is 51.3. The zero-order chi connectivity index (χ0) is 55.6. The minimum Gasteiger partial charge on any atom is -0.756 e. The van der Waals surface area contributed by atoms with Gasteiger partial charge in [-0.2, -0.15) is 0 Å². The standard InChI is InChI=1S/C67H123N2O6P/c1-6-8-10-12-14-16-18-20-22-24-25-26-27-28-29-30-31-32-33-34-35-36-37-38-39-40-41-42-43-45-47-49-51-53-55-57-59-61-67(71)68-65(64-75-76(72,73)74-63-62-69(3,4)5)66(70)60-58-56-54-52-50-48-46-44-23-21-19-17-15-13-11-9-7-2/h8,10,14,16,20,22,25-26,28-29,31-32,58,60,65-66,70H,6-7,9,11-13,15,17-19,21,23-24,27,30,33-57,59,61-64H2,1-5H3,(H-,68,71,72,73)/b10-8-,16-14-,22-20-,26-25-,29-28-,32-31-,60-58+. The minimum absolute atomic E-state index is 0.00189. The molecular weight excluding hydrogens is 960 g/mol. The lowest BCUT2D eigenvalue weighted by Gasteiger charge is -2.29. The van der Waals surface area contributed by atoms with Crippen LogP contribution < -0.4 is 10.2 Å². The summed E-state index contributed by atoms with van der Waals surface area (Å²) in [5.74, 6) is -0.196. The average Bonchev–Trinajstić information content (AvgIpc) is 3.38. The fourth-order valence-electron chi connectivity index (χ4n) is 9.16. The highest BCUT2D eigenvalue weighted by molar-refractivity contribution is 7.45. The van der Waals surface area contributed by atoms with Crippen LogP contribution in [-0.4, -0.2) is 68.5 Å². The van der Waals surface area contributed by atoms with Crippen LogP contribution in [-0.2, 0) is 18.4 Å². The Morgan fingerprint density at radius 3 is 1.17 bits per heavy atom. The molecule has 0 fully saturated rings. The molecule has 9 heteroatoms. The zero-order valence-electron chi connectivity index (χ0n) is 50.4. The number of likely N-dealkylation sites (N-methyl/N-ethyl adjacent to an activating group) is 1. The van der Waals surface area contributed by atoms with E-state index in [1.54, 1.807) is 6.08 Å². The lowest BCUT2D eigenvalue weighted by Crippen LogP contribution is -2.45. The highest BCUT2D eigenvalue weighted by Gasteiger charge is 2.23. The summed E-state index contributed by atoms with van der Waals surface area (Å²) in [5, 5.41) is 13.9. The third-order valence-corrected chi connectivity index (χ3v) is 15.1. The summed E-state index contributed by atoms with van der Waals surface area (Å²) in [6.45, 7) is 4.56. The van der Waals surface area contributed by atoms with Crippen LogP contribution in [0, 0.1) is 0 Å². The van der Waals surface area contributed by atoms with E-state index in [0.29, 0.717) is 17.4 Å². The molecule has 442 valence electrons. The van der Waals surface area contributed by atoms with Gasteiger partial charge in [-0.3, -0.25) is 9.36 Å². The Morgan fingerprint density at radius 1 is 0.474 bits per heavy atom. The Hall–Kier alpha value is -2.32. The second-order valence-corrected chi connectivity index (χ2v) is 24.1. The smallest absolute Gasteiger partial charge is 0.268 e. The van der Waals surface area contributed by atoms with Crippen LogP contribution in [0.4, 0.5) is 0 Å². The van der Waals surface area contributed by atoms with Crippen molar-refractivity contribution in [3.05, 3.63) is 85.1 Å². The SMILES string of the molecule is CC/C=C\C/C=C\C/C=C\C/C=C\C/C=C\C/C=C\CCCCCCCCCCCCCCCCCCCCC(=O)NC(COP(=O)([O-])OCC[N+](C)(C)C)C(O)/C=C/CCCCCCCCCCCCCCCCC. The van der Waals surface area contributed by atoms with E-state index in [1.807, 2.05) is 27.2 Å². The molecule has 0 aromatic heterocycles. The van der Waals surface area contributed by atoms with Gasteiger partial charge in [-0.15, -0.1) is 0 Å². The van der Waals surface area contributed by atoms with Gasteiger partial charge >= 0.3 is 0 Å². The van der Waals surface area contributed by atoms with E-state index < -0.39 is 20.0 Å². The number of phosphoric acid groups is 1. The minimum atomic E-state index is -4.60. The summed E-state index contributed by atoms with van der Waals surface area (Å²) in [7, 11) is 1.26. The fourth-order valence-corrected chi connectivity index (χ4v) is 9.88. The third-order valence-electron chi connectivity index (χ3n) is 14.1. The second-order valence-electron chi connectivity index (χ2n) is 22.7. The van der Waals surface area contributed by atoms with Crippen LogP contribution in [0.1, 0.15) is 284 Å². The number of carbonyl (C=O) groups is 1. The topological polar surface area (TPSA) is 108 Å². The predicted octanol–water partition coefficient (Wildman–Crippen LogP) is 19.4. The van der Waals surface area contributed by atoms with E-state index in [-0.39, 0.29) is 19.1 Å². The first-order valence-electron chi connectivity index (χ1n) is 31.9. The highest BCUT2D eigenvalue weighted by atomic mass is 31.2.